The molecule has 1 aliphatic rings. The van der Waals surface area contributed by atoms with Gasteiger partial charge in [-0.1, -0.05) is 26.8 Å². The second-order valence-electron chi connectivity index (χ2n) is 5.19. The predicted octanol–water partition coefficient (Wildman–Crippen LogP) is 2.12. The Morgan fingerprint density at radius 1 is 1.12 bits per heavy atom. The average molecular weight is 222 g/mol. The van der Waals surface area contributed by atoms with Gasteiger partial charge in [0.05, 0.1) is 0 Å². The van der Waals surface area contributed by atoms with E-state index in [2.05, 4.69) is 20.8 Å². The van der Waals surface area contributed by atoms with Gasteiger partial charge in [-0.15, -0.1) is 0 Å². The normalized spacial score (nSPS) is 20.4. The third-order valence-corrected chi connectivity index (χ3v) is 2.67. The molecule has 3 nitrogen and oxygen atoms in total. The molecule has 88 valence electrons. The molecule has 0 aromatic heterocycles. The van der Waals surface area contributed by atoms with Crippen molar-refractivity contribution in [3.63, 3.8) is 0 Å². The molecule has 1 N–H and O–H groups in total. The number of fused-ring (bicyclic) bond motifs is 1. The number of benzene rings is 1. The SMILES string of the molecule is CC(C)(C)c1ccc2c(c1)OC[C@H](O)CO2. The summed E-state index contributed by atoms with van der Waals surface area (Å²) in [4.78, 5) is 0. The Hall–Kier alpha value is -1.22. The van der Waals surface area contributed by atoms with E-state index in [4.69, 9.17) is 9.47 Å². The largest absolute Gasteiger partial charge is 0.487 e. The van der Waals surface area contributed by atoms with Gasteiger partial charge in [-0.3, -0.25) is 0 Å². The monoisotopic (exact) mass is 222 g/mol. The number of aliphatic hydroxyl groups is 1. The van der Waals surface area contributed by atoms with Crippen LogP contribution in [0.5, 0.6) is 11.5 Å². The van der Waals surface area contributed by atoms with Crippen LogP contribution in [0.2, 0.25) is 0 Å². The first-order chi connectivity index (χ1) is 7.47. The summed E-state index contributed by atoms with van der Waals surface area (Å²) >= 11 is 0. The van der Waals surface area contributed by atoms with Gasteiger partial charge in [0.2, 0.25) is 0 Å². The lowest BCUT2D eigenvalue weighted by atomic mass is 9.87. The molecular formula is C13H18O3. The molecule has 0 unspecified atom stereocenters. The molecule has 0 radical (unpaired) electrons. The highest BCUT2D eigenvalue weighted by atomic mass is 16.5. The van der Waals surface area contributed by atoms with Crippen molar-refractivity contribution in [2.45, 2.75) is 32.3 Å². The highest BCUT2D eigenvalue weighted by molar-refractivity contribution is 5.45. The summed E-state index contributed by atoms with van der Waals surface area (Å²) in [6.45, 7) is 7.05. The molecule has 0 spiro atoms. The summed E-state index contributed by atoms with van der Waals surface area (Å²) in [5.74, 6) is 1.44. The van der Waals surface area contributed by atoms with Crippen LogP contribution in [0.4, 0.5) is 0 Å². The van der Waals surface area contributed by atoms with Crippen molar-refractivity contribution in [1.29, 1.82) is 0 Å². The van der Waals surface area contributed by atoms with E-state index in [1.54, 1.807) is 0 Å². The molecule has 0 amide bonds. The summed E-state index contributed by atoms with van der Waals surface area (Å²) in [6, 6.07) is 5.95. The second kappa shape index (κ2) is 3.98. The summed E-state index contributed by atoms with van der Waals surface area (Å²) < 4.78 is 11.0. The highest BCUT2D eigenvalue weighted by Gasteiger charge is 2.20. The molecular weight excluding hydrogens is 204 g/mol. The molecule has 1 aliphatic heterocycles. The Kier molecular flexibility index (Phi) is 2.80. The first-order valence-electron chi connectivity index (χ1n) is 5.55. The van der Waals surface area contributed by atoms with Crippen LogP contribution in [0.25, 0.3) is 0 Å². The van der Waals surface area contributed by atoms with Crippen LogP contribution in [0.3, 0.4) is 0 Å². The fourth-order valence-electron chi connectivity index (χ4n) is 1.63. The van der Waals surface area contributed by atoms with Gasteiger partial charge in [0.25, 0.3) is 0 Å². The van der Waals surface area contributed by atoms with Crippen molar-refractivity contribution in [2.75, 3.05) is 13.2 Å². The Morgan fingerprint density at radius 3 is 2.38 bits per heavy atom. The van der Waals surface area contributed by atoms with Gasteiger partial charge < -0.3 is 14.6 Å². The molecule has 1 heterocycles. The Bertz CT molecular complexity index is 379. The number of ether oxygens (including phenoxy) is 2. The fraction of sp³-hybridized carbons (Fsp3) is 0.538. The van der Waals surface area contributed by atoms with Gasteiger partial charge in [-0.25, -0.2) is 0 Å². The van der Waals surface area contributed by atoms with Crippen LogP contribution in [0, 0.1) is 0 Å². The summed E-state index contributed by atoms with van der Waals surface area (Å²) in [5, 5.41) is 9.44. The zero-order valence-corrected chi connectivity index (χ0v) is 9.99. The van der Waals surface area contributed by atoms with E-state index in [9.17, 15) is 5.11 Å². The van der Waals surface area contributed by atoms with Crippen LogP contribution < -0.4 is 9.47 Å². The maximum Gasteiger partial charge on any atom is 0.161 e. The lowest BCUT2D eigenvalue weighted by Gasteiger charge is -2.20. The minimum absolute atomic E-state index is 0.0866. The third kappa shape index (κ3) is 2.30. The summed E-state index contributed by atoms with van der Waals surface area (Å²) in [6.07, 6.45) is -0.550. The highest BCUT2D eigenvalue weighted by Crippen LogP contribution is 2.34. The first kappa shape index (κ1) is 11.3. The molecule has 0 fully saturated rings. The maximum absolute atomic E-state index is 9.44. The predicted molar refractivity (Wildman–Crippen MR) is 62.1 cm³/mol. The summed E-state index contributed by atoms with van der Waals surface area (Å²) in [5.41, 5.74) is 1.29. The van der Waals surface area contributed by atoms with Gasteiger partial charge >= 0.3 is 0 Å². The van der Waals surface area contributed by atoms with E-state index in [1.807, 2.05) is 18.2 Å². The molecule has 0 aliphatic carbocycles. The van der Waals surface area contributed by atoms with Crippen molar-refractivity contribution in [3.8, 4) is 11.5 Å². The fourth-order valence-corrected chi connectivity index (χ4v) is 1.63. The van der Waals surface area contributed by atoms with Crippen molar-refractivity contribution < 1.29 is 14.6 Å². The second-order valence-corrected chi connectivity index (χ2v) is 5.19. The van der Waals surface area contributed by atoms with E-state index in [0.29, 0.717) is 19.0 Å². The van der Waals surface area contributed by atoms with Gasteiger partial charge in [-0.2, -0.15) is 0 Å². The van der Waals surface area contributed by atoms with Crippen LogP contribution in [-0.2, 0) is 5.41 Å². The summed E-state index contributed by atoms with van der Waals surface area (Å²) in [7, 11) is 0. The van der Waals surface area contributed by atoms with Crippen molar-refractivity contribution >= 4 is 0 Å². The molecule has 1 aromatic rings. The Morgan fingerprint density at radius 2 is 1.75 bits per heavy atom. The lowest BCUT2D eigenvalue weighted by Crippen LogP contribution is -2.21. The third-order valence-electron chi connectivity index (χ3n) is 2.67. The van der Waals surface area contributed by atoms with E-state index in [0.717, 1.165) is 5.75 Å². The minimum Gasteiger partial charge on any atom is -0.487 e. The zero-order valence-electron chi connectivity index (χ0n) is 9.99. The molecule has 0 saturated carbocycles. The van der Waals surface area contributed by atoms with Crippen molar-refractivity contribution in [3.05, 3.63) is 23.8 Å². The molecule has 0 bridgehead atoms. The molecule has 16 heavy (non-hydrogen) atoms. The minimum atomic E-state index is -0.550. The number of aliphatic hydroxyl groups excluding tert-OH is 1. The number of hydrogen-bond donors (Lipinski definition) is 1. The molecule has 1 aromatic carbocycles. The molecule has 1 atom stereocenters. The van der Waals surface area contributed by atoms with E-state index >= 15 is 0 Å². The van der Waals surface area contributed by atoms with Gasteiger partial charge in [0.1, 0.15) is 19.3 Å². The van der Waals surface area contributed by atoms with Crippen LogP contribution >= 0.6 is 0 Å². The Labute approximate surface area is 96.0 Å². The topological polar surface area (TPSA) is 38.7 Å². The quantitative estimate of drug-likeness (QED) is 0.730. The first-order valence-corrected chi connectivity index (χ1v) is 5.55. The average Bonchev–Trinajstić information content (AvgIpc) is 2.39. The Balaban J connectivity index is 2.32. The van der Waals surface area contributed by atoms with E-state index in [1.165, 1.54) is 5.56 Å². The van der Waals surface area contributed by atoms with E-state index in [-0.39, 0.29) is 5.41 Å². The lowest BCUT2D eigenvalue weighted by molar-refractivity contribution is 0.0802. The smallest absolute Gasteiger partial charge is 0.161 e. The zero-order chi connectivity index (χ0) is 11.8. The standard InChI is InChI=1S/C13H18O3/c1-13(2,3)9-4-5-11-12(6-9)16-8-10(14)7-15-11/h4-6,10,14H,7-8H2,1-3H3/t10-/m1/s1. The van der Waals surface area contributed by atoms with Crippen LogP contribution in [0.1, 0.15) is 26.3 Å². The number of rotatable bonds is 0. The van der Waals surface area contributed by atoms with Crippen molar-refractivity contribution in [2.24, 2.45) is 0 Å². The van der Waals surface area contributed by atoms with Crippen LogP contribution in [-0.4, -0.2) is 24.4 Å². The van der Waals surface area contributed by atoms with Gasteiger partial charge in [-0.05, 0) is 23.1 Å². The van der Waals surface area contributed by atoms with E-state index < -0.39 is 6.10 Å². The van der Waals surface area contributed by atoms with Gasteiger partial charge in [0, 0.05) is 0 Å². The van der Waals surface area contributed by atoms with Crippen molar-refractivity contribution in [1.82, 2.24) is 0 Å². The molecule has 3 heteroatoms. The molecule has 0 saturated heterocycles. The van der Waals surface area contributed by atoms with Gasteiger partial charge in [0.15, 0.2) is 11.5 Å². The number of hydrogen-bond acceptors (Lipinski definition) is 3. The maximum atomic E-state index is 9.44. The van der Waals surface area contributed by atoms with Crippen LogP contribution in [0.15, 0.2) is 18.2 Å². The molecule has 2 rings (SSSR count).